The van der Waals surface area contributed by atoms with E-state index in [1.165, 1.54) is 6.07 Å². The van der Waals surface area contributed by atoms with E-state index in [1.54, 1.807) is 6.07 Å². The van der Waals surface area contributed by atoms with Gasteiger partial charge in [-0.2, -0.15) is 0 Å². The Morgan fingerprint density at radius 3 is 3.10 bits per heavy atom. The number of aliphatic hydroxyl groups is 1. The van der Waals surface area contributed by atoms with Gasteiger partial charge in [-0.05, 0) is 53.4 Å². The lowest BCUT2D eigenvalue weighted by atomic mass is 10.2. The molecule has 2 unspecified atom stereocenters. The van der Waals surface area contributed by atoms with Crippen LogP contribution in [0.1, 0.15) is 18.4 Å². The van der Waals surface area contributed by atoms with Crippen molar-refractivity contribution in [3.05, 3.63) is 28.0 Å². The van der Waals surface area contributed by atoms with Gasteiger partial charge in [0.1, 0.15) is 5.82 Å². The number of aryl methyl sites for hydroxylation is 1. The van der Waals surface area contributed by atoms with Gasteiger partial charge in [0, 0.05) is 18.8 Å². The summed E-state index contributed by atoms with van der Waals surface area (Å²) in [4.78, 5) is 0. The number of nitrogens with one attached hydrogen (secondary N) is 1. The van der Waals surface area contributed by atoms with Crippen LogP contribution in [0, 0.1) is 12.7 Å². The SMILES string of the molecule is Cc1cc(F)c(Br)cc1NCC(O)COCC1CCCO1. The summed E-state index contributed by atoms with van der Waals surface area (Å²) in [5.41, 5.74) is 1.59. The second kappa shape index (κ2) is 8.08. The second-order valence-corrected chi connectivity index (χ2v) is 6.14. The first-order chi connectivity index (χ1) is 10.1. The zero-order valence-corrected chi connectivity index (χ0v) is 13.7. The number of benzene rings is 1. The molecule has 1 aromatic carbocycles. The molecule has 1 aromatic rings. The molecule has 1 fully saturated rings. The quantitative estimate of drug-likeness (QED) is 0.783. The molecule has 0 amide bonds. The molecule has 2 atom stereocenters. The van der Waals surface area contributed by atoms with Gasteiger partial charge in [0.25, 0.3) is 0 Å². The summed E-state index contributed by atoms with van der Waals surface area (Å²) in [7, 11) is 0. The highest BCUT2D eigenvalue weighted by molar-refractivity contribution is 9.10. The third kappa shape index (κ3) is 5.21. The van der Waals surface area contributed by atoms with Crippen molar-refractivity contribution >= 4 is 21.6 Å². The molecule has 1 saturated heterocycles. The molecule has 21 heavy (non-hydrogen) atoms. The van der Waals surface area contributed by atoms with Gasteiger partial charge in [-0.1, -0.05) is 0 Å². The first-order valence-electron chi connectivity index (χ1n) is 7.13. The van der Waals surface area contributed by atoms with E-state index in [2.05, 4.69) is 21.2 Å². The number of anilines is 1. The fourth-order valence-corrected chi connectivity index (χ4v) is 2.58. The Hall–Kier alpha value is -0.690. The topological polar surface area (TPSA) is 50.7 Å². The van der Waals surface area contributed by atoms with Crippen LogP contribution in [-0.4, -0.2) is 43.7 Å². The molecule has 0 radical (unpaired) electrons. The Morgan fingerprint density at radius 1 is 1.57 bits per heavy atom. The van der Waals surface area contributed by atoms with Crippen molar-refractivity contribution in [2.45, 2.75) is 32.0 Å². The number of hydrogen-bond donors (Lipinski definition) is 2. The molecular formula is C15H21BrFNO3. The minimum atomic E-state index is -0.616. The molecule has 1 aliphatic heterocycles. The minimum absolute atomic E-state index is 0.167. The number of hydrogen-bond acceptors (Lipinski definition) is 4. The predicted molar refractivity (Wildman–Crippen MR) is 83.1 cm³/mol. The van der Waals surface area contributed by atoms with Crippen molar-refractivity contribution in [1.29, 1.82) is 0 Å². The molecule has 0 spiro atoms. The maximum absolute atomic E-state index is 13.3. The molecule has 2 N–H and O–H groups in total. The fraction of sp³-hybridized carbons (Fsp3) is 0.600. The van der Waals surface area contributed by atoms with E-state index in [0.29, 0.717) is 17.6 Å². The third-order valence-electron chi connectivity index (χ3n) is 3.43. The van der Waals surface area contributed by atoms with E-state index in [9.17, 15) is 9.50 Å². The number of rotatable bonds is 7. The Labute approximate surface area is 132 Å². The molecule has 118 valence electrons. The van der Waals surface area contributed by atoms with Crippen molar-refractivity contribution in [3.63, 3.8) is 0 Å². The Morgan fingerprint density at radius 2 is 2.38 bits per heavy atom. The highest BCUT2D eigenvalue weighted by Crippen LogP contribution is 2.24. The normalized spacial score (nSPS) is 19.7. The van der Waals surface area contributed by atoms with Gasteiger partial charge in [-0.15, -0.1) is 0 Å². The monoisotopic (exact) mass is 361 g/mol. The van der Waals surface area contributed by atoms with Crippen LogP contribution in [0.2, 0.25) is 0 Å². The molecule has 0 aromatic heterocycles. The smallest absolute Gasteiger partial charge is 0.137 e. The fourth-order valence-electron chi connectivity index (χ4n) is 2.23. The molecule has 4 nitrogen and oxygen atoms in total. The largest absolute Gasteiger partial charge is 0.389 e. The number of ether oxygens (including phenoxy) is 2. The molecule has 6 heteroatoms. The van der Waals surface area contributed by atoms with Crippen molar-refractivity contribution in [3.8, 4) is 0 Å². The zero-order valence-electron chi connectivity index (χ0n) is 12.1. The summed E-state index contributed by atoms with van der Waals surface area (Å²) in [5, 5.41) is 13.0. The summed E-state index contributed by atoms with van der Waals surface area (Å²) < 4.78 is 24.6. The zero-order chi connectivity index (χ0) is 15.2. The lowest BCUT2D eigenvalue weighted by Crippen LogP contribution is -2.27. The van der Waals surface area contributed by atoms with Crippen LogP contribution in [0.4, 0.5) is 10.1 Å². The van der Waals surface area contributed by atoms with Crippen LogP contribution in [0.3, 0.4) is 0 Å². The average molecular weight is 362 g/mol. The highest BCUT2D eigenvalue weighted by atomic mass is 79.9. The van der Waals surface area contributed by atoms with Gasteiger partial charge >= 0.3 is 0 Å². The summed E-state index contributed by atoms with van der Waals surface area (Å²) in [6.07, 6.45) is 1.66. The van der Waals surface area contributed by atoms with Crippen LogP contribution < -0.4 is 5.32 Å². The summed E-state index contributed by atoms with van der Waals surface area (Å²) in [6.45, 7) is 3.76. The van der Waals surface area contributed by atoms with E-state index >= 15 is 0 Å². The Kier molecular flexibility index (Phi) is 6.41. The Bertz CT molecular complexity index is 466. The molecule has 0 saturated carbocycles. The van der Waals surface area contributed by atoms with Crippen molar-refractivity contribution in [1.82, 2.24) is 0 Å². The summed E-state index contributed by atoms with van der Waals surface area (Å²) in [6, 6.07) is 3.12. The first-order valence-corrected chi connectivity index (χ1v) is 7.92. The lowest BCUT2D eigenvalue weighted by molar-refractivity contribution is -0.0137. The summed E-state index contributed by atoms with van der Waals surface area (Å²) in [5.74, 6) is -0.293. The van der Waals surface area contributed by atoms with Gasteiger partial charge < -0.3 is 19.9 Å². The van der Waals surface area contributed by atoms with Crippen molar-refractivity contribution in [2.24, 2.45) is 0 Å². The van der Waals surface area contributed by atoms with Gasteiger partial charge in [0.15, 0.2) is 0 Å². The van der Waals surface area contributed by atoms with Gasteiger partial charge in [0.2, 0.25) is 0 Å². The molecular weight excluding hydrogens is 341 g/mol. The maximum Gasteiger partial charge on any atom is 0.137 e. The van der Waals surface area contributed by atoms with Gasteiger partial charge in [-0.3, -0.25) is 0 Å². The van der Waals surface area contributed by atoms with E-state index < -0.39 is 6.10 Å². The Balaban J connectivity index is 1.70. The van der Waals surface area contributed by atoms with Crippen LogP contribution in [0.25, 0.3) is 0 Å². The van der Waals surface area contributed by atoms with Gasteiger partial charge in [0.05, 0.1) is 29.9 Å². The van der Waals surface area contributed by atoms with E-state index in [0.717, 1.165) is 30.7 Å². The van der Waals surface area contributed by atoms with Crippen molar-refractivity contribution in [2.75, 3.05) is 31.7 Å². The van der Waals surface area contributed by atoms with Gasteiger partial charge in [-0.25, -0.2) is 4.39 Å². The van der Waals surface area contributed by atoms with Crippen LogP contribution in [0.15, 0.2) is 16.6 Å². The van der Waals surface area contributed by atoms with Crippen LogP contribution >= 0.6 is 15.9 Å². The number of aliphatic hydroxyl groups excluding tert-OH is 1. The summed E-state index contributed by atoms with van der Waals surface area (Å²) >= 11 is 3.15. The van der Waals surface area contributed by atoms with E-state index in [-0.39, 0.29) is 18.5 Å². The number of halogens is 2. The van der Waals surface area contributed by atoms with Crippen LogP contribution in [-0.2, 0) is 9.47 Å². The van der Waals surface area contributed by atoms with Crippen LogP contribution in [0.5, 0.6) is 0 Å². The molecule has 0 aliphatic carbocycles. The van der Waals surface area contributed by atoms with Crippen molar-refractivity contribution < 1.29 is 19.0 Å². The lowest BCUT2D eigenvalue weighted by Gasteiger charge is -2.16. The predicted octanol–water partition coefficient (Wildman–Crippen LogP) is 2.87. The van der Waals surface area contributed by atoms with E-state index in [1.807, 2.05) is 6.92 Å². The molecule has 2 rings (SSSR count). The minimum Gasteiger partial charge on any atom is -0.389 e. The van der Waals surface area contributed by atoms with E-state index in [4.69, 9.17) is 9.47 Å². The highest BCUT2D eigenvalue weighted by Gasteiger charge is 2.16. The molecule has 0 bridgehead atoms. The average Bonchev–Trinajstić information content (AvgIpc) is 2.94. The maximum atomic E-state index is 13.3. The third-order valence-corrected chi connectivity index (χ3v) is 4.04. The standard InChI is InChI=1S/C15H21BrFNO3/c1-10-5-14(17)13(16)6-15(10)18-7-11(19)8-20-9-12-3-2-4-21-12/h5-6,11-12,18-19H,2-4,7-9H2,1H3. The molecule has 1 aliphatic rings. The first kappa shape index (κ1) is 16.7. The second-order valence-electron chi connectivity index (χ2n) is 5.29. The molecule has 1 heterocycles.